The number of carbonyl (C=O) groups excluding carboxylic acids is 1. The van der Waals surface area contributed by atoms with E-state index in [1.54, 1.807) is 0 Å². The summed E-state index contributed by atoms with van der Waals surface area (Å²) in [6, 6.07) is 14.5. The predicted molar refractivity (Wildman–Crippen MR) is 74.3 cm³/mol. The zero-order valence-electron chi connectivity index (χ0n) is 10.7. The van der Waals surface area contributed by atoms with E-state index < -0.39 is 0 Å². The van der Waals surface area contributed by atoms with Gasteiger partial charge < -0.3 is 5.73 Å². The minimum atomic E-state index is -0.292. The highest BCUT2D eigenvalue weighted by molar-refractivity contribution is 5.78. The van der Waals surface area contributed by atoms with Gasteiger partial charge in [-0.1, -0.05) is 48.0 Å². The van der Waals surface area contributed by atoms with Gasteiger partial charge in [-0.2, -0.15) is 0 Å². The van der Waals surface area contributed by atoms with Crippen molar-refractivity contribution in [3.05, 3.63) is 59.2 Å². The van der Waals surface area contributed by atoms with Crippen LogP contribution in [0.4, 0.5) is 0 Å². The number of primary amides is 1. The fourth-order valence-corrected chi connectivity index (χ4v) is 1.98. The third-order valence-electron chi connectivity index (χ3n) is 3.10. The first-order chi connectivity index (χ1) is 8.56. The lowest BCUT2D eigenvalue weighted by molar-refractivity contribution is -0.117. The van der Waals surface area contributed by atoms with Crippen molar-refractivity contribution in [2.45, 2.75) is 20.3 Å². The van der Waals surface area contributed by atoms with Gasteiger partial charge in [-0.05, 0) is 36.1 Å². The molecule has 18 heavy (non-hydrogen) atoms. The number of rotatable bonds is 3. The highest BCUT2D eigenvalue weighted by Gasteiger charge is 2.05. The van der Waals surface area contributed by atoms with Crippen LogP contribution in [0.3, 0.4) is 0 Å². The van der Waals surface area contributed by atoms with Gasteiger partial charge in [-0.15, -0.1) is 0 Å². The Morgan fingerprint density at radius 2 is 1.61 bits per heavy atom. The molecule has 0 spiro atoms. The average molecular weight is 239 g/mol. The van der Waals surface area contributed by atoms with E-state index in [-0.39, 0.29) is 5.91 Å². The van der Waals surface area contributed by atoms with Gasteiger partial charge in [0.05, 0.1) is 6.42 Å². The maximum Gasteiger partial charge on any atom is 0.221 e. The van der Waals surface area contributed by atoms with Crippen LogP contribution >= 0.6 is 0 Å². The van der Waals surface area contributed by atoms with Gasteiger partial charge in [0.25, 0.3) is 0 Å². The third kappa shape index (κ3) is 2.77. The molecule has 2 aromatic carbocycles. The molecule has 2 heteroatoms. The summed E-state index contributed by atoms with van der Waals surface area (Å²) in [6.07, 6.45) is 0.297. The van der Waals surface area contributed by atoms with E-state index in [9.17, 15) is 4.79 Å². The van der Waals surface area contributed by atoms with Crippen LogP contribution in [-0.4, -0.2) is 5.91 Å². The van der Waals surface area contributed by atoms with Crippen molar-refractivity contribution >= 4 is 5.91 Å². The molecule has 0 unspecified atom stereocenters. The van der Waals surface area contributed by atoms with Crippen LogP contribution in [0.1, 0.15) is 16.7 Å². The molecule has 2 N–H and O–H groups in total. The summed E-state index contributed by atoms with van der Waals surface area (Å²) in [7, 11) is 0. The van der Waals surface area contributed by atoms with E-state index in [2.05, 4.69) is 37.3 Å². The predicted octanol–water partition coefficient (Wildman–Crippen LogP) is 3.00. The first-order valence-electron chi connectivity index (χ1n) is 6.01. The molecule has 2 aromatic rings. The van der Waals surface area contributed by atoms with Crippen LogP contribution in [0.25, 0.3) is 11.1 Å². The van der Waals surface area contributed by atoms with Crippen molar-refractivity contribution in [1.82, 2.24) is 0 Å². The first kappa shape index (κ1) is 12.4. The van der Waals surface area contributed by atoms with E-state index in [0.29, 0.717) is 6.42 Å². The van der Waals surface area contributed by atoms with Crippen molar-refractivity contribution in [2.24, 2.45) is 5.73 Å². The van der Waals surface area contributed by atoms with E-state index >= 15 is 0 Å². The van der Waals surface area contributed by atoms with Crippen LogP contribution in [0.15, 0.2) is 42.5 Å². The Hall–Kier alpha value is -2.09. The summed E-state index contributed by atoms with van der Waals surface area (Å²) < 4.78 is 0. The number of benzene rings is 2. The maximum absolute atomic E-state index is 11.0. The van der Waals surface area contributed by atoms with E-state index in [1.807, 2.05) is 19.1 Å². The van der Waals surface area contributed by atoms with Gasteiger partial charge in [-0.3, -0.25) is 4.79 Å². The molecule has 0 saturated carbocycles. The molecule has 0 aliphatic rings. The lowest BCUT2D eigenvalue weighted by Gasteiger charge is -2.08. The van der Waals surface area contributed by atoms with Crippen molar-refractivity contribution in [1.29, 1.82) is 0 Å². The third-order valence-corrected chi connectivity index (χ3v) is 3.10. The van der Waals surface area contributed by atoms with E-state index in [4.69, 9.17) is 5.73 Å². The summed E-state index contributed by atoms with van der Waals surface area (Å²) in [5.74, 6) is -0.292. The second-order valence-electron chi connectivity index (χ2n) is 4.65. The molecule has 0 aromatic heterocycles. The van der Waals surface area contributed by atoms with E-state index in [1.165, 1.54) is 5.56 Å². The van der Waals surface area contributed by atoms with Gasteiger partial charge >= 0.3 is 0 Å². The molecule has 1 amide bonds. The van der Waals surface area contributed by atoms with Crippen LogP contribution in [0, 0.1) is 13.8 Å². The summed E-state index contributed by atoms with van der Waals surface area (Å²) >= 11 is 0. The van der Waals surface area contributed by atoms with Crippen molar-refractivity contribution in [2.75, 3.05) is 0 Å². The van der Waals surface area contributed by atoms with Crippen LogP contribution in [0.2, 0.25) is 0 Å². The lowest BCUT2D eigenvalue weighted by Crippen LogP contribution is -2.14. The molecule has 0 radical (unpaired) electrons. The zero-order valence-corrected chi connectivity index (χ0v) is 10.7. The van der Waals surface area contributed by atoms with Gasteiger partial charge in [0.2, 0.25) is 5.91 Å². The Morgan fingerprint density at radius 1 is 1.00 bits per heavy atom. The Bertz CT molecular complexity index is 570. The number of carbonyl (C=O) groups is 1. The number of hydrogen-bond acceptors (Lipinski definition) is 1. The molecule has 0 bridgehead atoms. The van der Waals surface area contributed by atoms with Gasteiger partial charge in [-0.25, -0.2) is 0 Å². The van der Waals surface area contributed by atoms with Gasteiger partial charge in [0, 0.05) is 0 Å². The summed E-state index contributed by atoms with van der Waals surface area (Å²) in [5.41, 5.74) is 10.9. The monoisotopic (exact) mass is 239 g/mol. The molecule has 0 heterocycles. The fraction of sp³-hybridized carbons (Fsp3) is 0.188. The molecular formula is C16H17NO. The molecule has 0 saturated heterocycles. The Morgan fingerprint density at radius 3 is 2.22 bits per heavy atom. The minimum Gasteiger partial charge on any atom is -0.369 e. The van der Waals surface area contributed by atoms with Gasteiger partial charge in [0.15, 0.2) is 0 Å². The first-order valence-corrected chi connectivity index (χ1v) is 6.01. The lowest BCUT2D eigenvalue weighted by atomic mass is 9.97. The van der Waals surface area contributed by atoms with Crippen LogP contribution in [-0.2, 0) is 11.2 Å². The summed E-state index contributed by atoms with van der Waals surface area (Å²) in [6.45, 7) is 4.06. The standard InChI is InChI=1S/C16H17NO/c1-11-3-6-13(7-4-11)14-8-5-12(2)15(9-14)10-16(17)18/h3-9H,10H2,1-2H3,(H2,17,18). The second-order valence-corrected chi connectivity index (χ2v) is 4.65. The normalized spacial score (nSPS) is 10.3. The Kier molecular flexibility index (Phi) is 3.47. The van der Waals surface area contributed by atoms with Crippen LogP contribution < -0.4 is 5.73 Å². The molecule has 0 aliphatic heterocycles. The molecule has 0 aliphatic carbocycles. The topological polar surface area (TPSA) is 43.1 Å². The number of amides is 1. The SMILES string of the molecule is Cc1ccc(-c2ccc(C)c(CC(N)=O)c2)cc1. The van der Waals surface area contributed by atoms with Crippen molar-refractivity contribution < 1.29 is 4.79 Å². The van der Waals surface area contributed by atoms with E-state index in [0.717, 1.165) is 22.3 Å². The quantitative estimate of drug-likeness (QED) is 0.879. The number of hydrogen-bond donors (Lipinski definition) is 1. The maximum atomic E-state index is 11.0. The second kappa shape index (κ2) is 5.05. The molecule has 0 fully saturated rings. The van der Waals surface area contributed by atoms with Crippen molar-refractivity contribution in [3.8, 4) is 11.1 Å². The largest absolute Gasteiger partial charge is 0.369 e. The molecular weight excluding hydrogens is 222 g/mol. The smallest absolute Gasteiger partial charge is 0.221 e. The highest BCUT2D eigenvalue weighted by atomic mass is 16.1. The molecule has 92 valence electrons. The molecule has 2 nitrogen and oxygen atoms in total. The molecule has 2 rings (SSSR count). The summed E-state index contributed by atoms with van der Waals surface area (Å²) in [5, 5.41) is 0. The Balaban J connectivity index is 2.40. The molecule has 0 atom stereocenters. The van der Waals surface area contributed by atoms with Crippen molar-refractivity contribution in [3.63, 3.8) is 0 Å². The highest BCUT2D eigenvalue weighted by Crippen LogP contribution is 2.23. The summed E-state index contributed by atoms with van der Waals surface area (Å²) in [4.78, 5) is 11.0. The minimum absolute atomic E-state index is 0.292. The number of aryl methyl sites for hydroxylation is 2. The van der Waals surface area contributed by atoms with Crippen LogP contribution in [0.5, 0.6) is 0 Å². The fourth-order valence-electron chi connectivity index (χ4n) is 1.98. The number of nitrogens with two attached hydrogens (primary N) is 1. The average Bonchev–Trinajstić information content (AvgIpc) is 2.32. The van der Waals surface area contributed by atoms with Gasteiger partial charge in [0.1, 0.15) is 0 Å². The Labute approximate surface area is 107 Å². The zero-order chi connectivity index (χ0) is 13.1.